The third-order valence-corrected chi connectivity index (χ3v) is 6.34. The lowest BCUT2D eigenvalue weighted by Gasteiger charge is -2.18. The van der Waals surface area contributed by atoms with Gasteiger partial charge in [0, 0.05) is 47.6 Å². The smallest absolute Gasteiger partial charge is 0.231 e. The number of aryl methyl sites for hydroxylation is 1. The van der Waals surface area contributed by atoms with Crippen molar-refractivity contribution in [1.82, 2.24) is 9.88 Å². The van der Waals surface area contributed by atoms with Crippen LogP contribution in [0.4, 0.5) is 0 Å². The van der Waals surface area contributed by atoms with Gasteiger partial charge in [-0.1, -0.05) is 48.0 Å². The Kier molecular flexibility index (Phi) is 5.97. The van der Waals surface area contributed by atoms with Crippen molar-refractivity contribution in [2.45, 2.75) is 32.4 Å². The van der Waals surface area contributed by atoms with Gasteiger partial charge in [-0.05, 0) is 53.9 Å². The lowest BCUT2D eigenvalue weighted by Crippen LogP contribution is -2.25. The van der Waals surface area contributed by atoms with Crippen molar-refractivity contribution in [1.29, 1.82) is 0 Å². The van der Waals surface area contributed by atoms with Crippen LogP contribution < -0.4 is 14.8 Å². The van der Waals surface area contributed by atoms with Crippen LogP contribution in [0.3, 0.4) is 0 Å². The van der Waals surface area contributed by atoms with Gasteiger partial charge in [-0.25, -0.2) is 0 Å². The van der Waals surface area contributed by atoms with Gasteiger partial charge in [0.05, 0.1) is 0 Å². The quantitative estimate of drug-likeness (QED) is 0.374. The summed E-state index contributed by atoms with van der Waals surface area (Å²) in [6.45, 7) is 3.65. The topological polar surface area (TPSA) is 52.5 Å². The Morgan fingerprint density at radius 3 is 2.76 bits per heavy atom. The number of rotatable bonds is 7. The molecule has 1 N–H and O–H groups in total. The fraction of sp³-hybridized carbons (Fsp3) is 0.222. The van der Waals surface area contributed by atoms with E-state index in [-0.39, 0.29) is 18.6 Å². The van der Waals surface area contributed by atoms with Gasteiger partial charge in [0.15, 0.2) is 11.5 Å². The van der Waals surface area contributed by atoms with E-state index in [1.165, 1.54) is 5.52 Å². The van der Waals surface area contributed by atoms with Gasteiger partial charge in [0.1, 0.15) is 0 Å². The number of halogens is 1. The van der Waals surface area contributed by atoms with E-state index < -0.39 is 0 Å². The summed E-state index contributed by atoms with van der Waals surface area (Å²) >= 11 is 6.32. The highest BCUT2D eigenvalue weighted by Crippen LogP contribution is 2.36. The van der Waals surface area contributed by atoms with Gasteiger partial charge in [0.25, 0.3) is 0 Å². The van der Waals surface area contributed by atoms with E-state index in [2.05, 4.69) is 35.1 Å². The monoisotopic (exact) mass is 460 g/mol. The molecule has 1 atom stereocenters. The van der Waals surface area contributed by atoms with Gasteiger partial charge in [-0.15, -0.1) is 0 Å². The van der Waals surface area contributed by atoms with Crippen molar-refractivity contribution in [2.75, 3.05) is 6.79 Å². The molecule has 0 saturated heterocycles. The van der Waals surface area contributed by atoms with Crippen molar-refractivity contribution < 1.29 is 14.3 Å². The summed E-state index contributed by atoms with van der Waals surface area (Å²) in [5, 5.41) is 4.89. The fourth-order valence-electron chi connectivity index (χ4n) is 4.45. The minimum atomic E-state index is -0.113. The van der Waals surface area contributed by atoms with E-state index in [1.54, 1.807) is 0 Å². The SMILES string of the molecule is CCn1cc(C(CC(=O)NCc2ccc3c(c2)OCO3)c2cccc(Cl)c2)c2ccccc21. The Balaban J connectivity index is 1.41. The van der Waals surface area contributed by atoms with E-state index in [9.17, 15) is 4.79 Å². The molecule has 0 saturated carbocycles. The zero-order chi connectivity index (χ0) is 22.8. The molecule has 3 aromatic carbocycles. The molecule has 2 heterocycles. The summed E-state index contributed by atoms with van der Waals surface area (Å²) in [7, 11) is 0. The Morgan fingerprint density at radius 2 is 1.91 bits per heavy atom. The van der Waals surface area contributed by atoms with Crippen LogP contribution in [0.1, 0.15) is 36.0 Å². The molecular weight excluding hydrogens is 436 g/mol. The Hall–Kier alpha value is -3.44. The van der Waals surface area contributed by atoms with Crippen LogP contribution in [0, 0.1) is 0 Å². The minimum Gasteiger partial charge on any atom is -0.454 e. The van der Waals surface area contributed by atoms with Gasteiger partial charge in [0.2, 0.25) is 12.7 Å². The van der Waals surface area contributed by atoms with Crippen LogP contribution in [-0.2, 0) is 17.9 Å². The first-order valence-corrected chi connectivity index (χ1v) is 11.5. The van der Waals surface area contributed by atoms with Crippen LogP contribution in [0.2, 0.25) is 5.02 Å². The van der Waals surface area contributed by atoms with Gasteiger partial charge < -0.3 is 19.4 Å². The van der Waals surface area contributed by atoms with Crippen molar-refractivity contribution in [3.05, 3.63) is 94.6 Å². The number of para-hydroxylation sites is 1. The minimum absolute atomic E-state index is 0.0222. The van der Waals surface area contributed by atoms with E-state index in [4.69, 9.17) is 21.1 Å². The van der Waals surface area contributed by atoms with Gasteiger partial charge in [-0.2, -0.15) is 0 Å². The number of amides is 1. The summed E-state index contributed by atoms with van der Waals surface area (Å²) in [5.74, 6) is 1.31. The van der Waals surface area contributed by atoms with Gasteiger partial charge in [-0.3, -0.25) is 4.79 Å². The number of benzene rings is 3. The number of carbonyl (C=O) groups excluding carboxylic acids is 1. The molecule has 0 spiro atoms. The summed E-state index contributed by atoms with van der Waals surface area (Å²) in [5.41, 5.74) is 4.30. The molecule has 1 aromatic heterocycles. The molecule has 6 heteroatoms. The summed E-state index contributed by atoms with van der Waals surface area (Å²) in [6, 6.07) is 21.9. The highest BCUT2D eigenvalue weighted by atomic mass is 35.5. The third kappa shape index (κ3) is 4.41. The van der Waals surface area contributed by atoms with Crippen molar-refractivity contribution in [3.63, 3.8) is 0 Å². The Labute approximate surface area is 197 Å². The molecular formula is C27H25ClN2O3. The van der Waals surface area contributed by atoms with Gasteiger partial charge >= 0.3 is 0 Å². The summed E-state index contributed by atoms with van der Waals surface area (Å²) < 4.78 is 13.0. The first kappa shape index (κ1) is 21.4. The lowest BCUT2D eigenvalue weighted by molar-refractivity contribution is -0.121. The number of carbonyl (C=O) groups is 1. The molecule has 5 nitrogen and oxygen atoms in total. The molecule has 1 unspecified atom stereocenters. The first-order valence-electron chi connectivity index (χ1n) is 11.1. The van der Waals surface area contributed by atoms with Crippen LogP contribution in [0.25, 0.3) is 10.9 Å². The number of aromatic nitrogens is 1. The molecule has 0 fully saturated rings. The summed E-state index contributed by atoms with van der Waals surface area (Å²) in [6.07, 6.45) is 2.49. The third-order valence-electron chi connectivity index (χ3n) is 6.10. The highest BCUT2D eigenvalue weighted by molar-refractivity contribution is 6.30. The molecule has 0 aliphatic carbocycles. The molecule has 168 valence electrons. The molecule has 0 radical (unpaired) electrons. The Bertz CT molecular complexity index is 1310. The second kappa shape index (κ2) is 9.20. The van der Waals surface area contributed by atoms with E-state index in [0.717, 1.165) is 34.4 Å². The van der Waals surface area contributed by atoms with E-state index in [0.29, 0.717) is 23.7 Å². The second-order valence-electron chi connectivity index (χ2n) is 8.16. The van der Waals surface area contributed by atoms with Crippen molar-refractivity contribution in [3.8, 4) is 11.5 Å². The maximum Gasteiger partial charge on any atom is 0.231 e. The zero-order valence-electron chi connectivity index (χ0n) is 18.4. The molecule has 0 bridgehead atoms. The Morgan fingerprint density at radius 1 is 1.06 bits per heavy atom. The normalized spacial score (nSPS) is 13.3. The molecule has 1 amide bonds. The molecule has 5 rings (SSSR count). The number of nitrogens with one attached hydrogen (secondary N) is 1. The van der Waals surface area contributed by atoms with Crippen LogP contribution in [0.15, 0.2) is 72.9 Å². The number of fused-ring (bicyclic) bond motifs is 2. The largest absolute Gasteiger partial charge is 0.454 e. The van der Waals surface area contributed by atoms with E-state index >= 15 is 0 Å². The zero-order valence-corrected chi connectivity index (χ0v) is 19.1. The second-order valence-corrected chi connectivity index (χ2v) is 8.60. The molecule has 33 heavy (non-hydrogen) atoms. The highest BCUT2D eigenvalue weighted by Gasteiger charge is 2.23. The first-order chi connectivity index (χ1) is 16.1. The number of ether oxygens (including phenoxy) is 2. The number of nitrogens with zero attached hydrogens (tertiary/aromatic N) is 1. The average molecular weight is 461 g/mol. The average Bonchev–Trinajstić information content (AvgIpc) is 3.45. The van der Waals surface area contributed by atoms with Crippen molar-refractivity contribution in [2.24, 2.45) is 0 Å². The maximum atomic E-state index is 13.1. The van der Waals surface area contributed by atoms with Crippen LogP contribution in [-0.4, -0.2) is 17.3 Å². The number of hydrogen-bond donors (Lipinski definition) is 1. The van der Waals surface area contributed by atoms with E-state index in [1.807, 2.05) is 54.6 Å². The predicted molar refractivity (Wildman–Crippen MR) is 130 cm³/mol. The van der Waals surface area contributed by atoms with Crippen molar-refractivity contribution >= 4 is 28.4 Å². The summed E-state index contributed by atoms with van der Waals surface area (Å²) in [4.78, 5) is 13.1. The molecule has 1 aliphatic heterocycles. The maximum absolute atomic E-state index is 13.1. The predicted octanol–water partition coefficient (Wildman–Crippen LogP) is 5.88. The van der Waals surface area contributed by atoms with Crippen LogP contribution in [0.5, 0.6) is 11.5 Å². The molecule has 4 aromatic rings. The standard InChI is InChI=1S/C27H25ClN2O3/c1-2-30-16-23(21-8-3-4-9-24(21)30)22(19-6-5-7-20(28)13-19)14-27(31)29-15-18-10-11-25-26(12-18)33-17-32-25/h3-13,16,22H,2,14-15,17H2,1H3,(H,29,31). The number of hydrogen-bond acceptors (Lipinski definition) is 3. The molecule has 1 aliphatic rings. The fourth-order valence-corrected chi connectivity index (χ4v) is 4.65. The lowest BCUT2D eigenvalue weighted by atomic mass is 9.88. The van der Waals surface area contributed by atoms with Crippen LogP contribution >= 0.6 is 11.6 Å².